The van der Waals surface area contributed by atoms with Gasteiger partial charge >= 0.3 is 5.97 Å². The van der Waals surface area contributed by atoms with Crippen molar-refractivity contribution in [1.82, 2.24) is 9.97 Å². The molecule has 0 spiro atoms. The molecule has 0 bridgehead atoms. The Hall–Kier alpha value is -2.95. The lowest BCUT2D eigenvalue weighted by molar-refractivity contribution is -0.134. The van der Waals surface area contributed by atoms with Crippen molar-refractivity contribution in [3.05, 3.63) is 54.4 Å². The number of para-hydroxylation sites is 1. The Balaban J connectivity index is 2.13. The standard InChI is InChI=1S/C16H12N2O3/c1-21-14(20)7-6-13(19)16-15-11(8-9-17-16)10-4-2-3-5-12(10)18-15/h2-9,18H,1H3. The van der Waals surface area contributed by atoms with Crippen LogP contribution in [0.3, 0.4) is 0 Å². The van der Waals surface area contributed by atoms with E-state index < -0.39 is 5.97 Å². The molecule has 0 amide bonds. The molecule has 0 radical (unpaired) electrons. The molecule has 1 aromatic carbocycles. The second-order valence-electron chi connectivity index (χ2n) is 4.47. The highest BCUT2D eigenvalue weighted by Crippen LogP contribution is 2.26. The summed E-state index contributed by atoms with van der Waals surface area (Å²) in [6, 6.07) is 9.63. The molecule has 0 atom stereocenters. The van der Waals surface area contributed by atoms with Gasteiger partial charge in [0.15, 0.2) is 0 Å². The molecule has 3 rings (SSSR count). The van der Waals surface area contributed by atoms with Crippen molar-refractivity contribution in [3.63, 3.8) is 0 Å². The summed E-state index contributed by atoms with van der Waals surface area (Å²) in [4.78, 5) is 30.6. The van der Waals surface area contributed by atoms with E-state index in [1.54, 1.807) is 6.20 Å². The van der Waals surface area contributed by atoms with E-state index in [0.29, 0.717) is 5.52 Å². The number of aromatic amines is 1. The van der Waals surface area contributed by atoms with Gasteiger partial charge in [0, 0.05) is 28.6 Å². The van der Waals surface area contributed by atoms with E-state index in [2.05, 4.69) is 14.7 Å². The van der Waals surface area contributed by atoms with Crippen LogP contribution in [0.4, 0.5) is 0 Å². The number of allylic oxidation sites excluding steroid dienone is 1. The Morgan fingerprint density at radius 1 is 1.14 bits per heavy atom. The summed E-state index contributed by atoms with van der Waals surface area (Å²) in [5, 5.41) is 1.95. The zero-order valence-corrected chi connectivity index (χ0v) is 11.3. The van der Waals surface area contributed by atoms with Crippen molar-refractivity contribution >= 4 is 33.6 Å². The van der Waals surface area contributed by atoms with Gasteiger partial charge in [-0.25, -0.2) is 4.79 Å². The van der Waals surface area contributed by atoms with Crippen LogP contribution in [0.15, 0.2) is 48.7 Å². The molecule has 0 saturated heterocycles. The quantitative estimate of drug-likeness (QED) is 0.455. The summed E-state index contributed by atoms with van der Waals surface area (Å²) >= 11 is 0. The fraction of sp³-hybridized carbons (Fsp3) is 0.0625. The van der Waals surface area contributed by atoms with Gasteiger partial charge in [-0.05, 0) is 18.2 Å². The van der Waals surface area contributed by atoms with E-state index in [-0.39, 0.29) is 11.5 Å². The highest BCUT2D eigenvalue weighted by molar-refractivity contribution is 6.17. The summed E-state index contributed by atoms with van der Waals surface area (Å²) in [5.41, 5.74) is 1.88. The van der Waals surface area contributed by atoms with Crippen LogP contribution >= 0.6 is 0 Å². The van der Waals surface area contributed by atoms with Gasteiger partial charge in [-0.1, -0.05) is 18.2 Å². The van der Waals surface area contributed by atoms with E-state index in [1.165, 1.54) is 13.2 Å². The van der Waals surface area contributed by atoms with Gasteiger partial charge in [0.1, 0.15) is 5.69 Å². The number of hydrogen-bond donors (Lipinski definition) is 1. The van der Waals surface area contributed by atoms with Crippen molar-refractivity contribution in [2.75, 3.05) is 7.11 Å². The zero-order valence-electron chi connectivity index (χ0n) is 11.3. The normalized spacial score (nSPS) is 11.3. The van der Waals surface area contributed by atoms with Gasteiger partial charge < -0.3 is 9.72 Å². The number of ether oxygens (including phenoxy) is 1. The molecule has 0 aliphatic heterocycles. The molecule has 5 nitrogen and oxygen atoms in total. The minimum Gasteiger partial charge on any atom is -0.466 e. The maximum absolute atomic E-state index is 12.2. The number of H-pyrrole nitrogens is 1. The lowest BCUT2D eigenvalue weighted by Crippen LogP contribution is -2.02. The number of aromatic nitrogens is 2. The lowest BCUT2D eigenvalue weighted by Gasteiger charge is -1.97. The number of fused-ring (bicyclic) bond motifs is 3. The van der Waals surface area contributed by atoms with Gasteiger partial charge in [0.25, 0.3) is 0 Å². The van der Waals surface area contributed by atoms with Crippen LogP contribution in [0.5, 0.6) is 0 Å². The number of pyridine rings is 1. The number of benzene rings is 1. The van der Waals surface area contributed by atoms with Crippen LogP contribution < -0.4 is 0 Å². The minimum atomic E-state index is -0.577. The monoisotopic (exact) mass is 280 g/mol. The number of methoxy groups -OCH3 is 1. The van der Waals surface area contributed by atoms with Crippen LogP contribution in [0.2, 0.25) is 0 Å². The third-order valence-corrected chi connectivity index (χ3v) is 3.23. The molecule has 21 heavy (non-hydrogen) atoms. The lowest BCUT2D eigenvalue weighted by atomic mass is 10.1. The van der Waals surface area contributed by atoms with Crippen LogP contribution in [0.1, 0.15) is 10.5 Å². The van der Waals surface area contributed by atoms with Crippen LogP contribution in [0.25, 0.3) is 21.8 Å². The molecule has 1 N–H and O–H groups in total. The van der Waals surface area contributed by atoms with Crippen molar-refractivity contribution in [1.29, 1.82) is 0 Å². The summed E-state index contributed by atoms with van der Waals surface area (Å²) in [6.45, 7) is 0. The summed E-state index contributed by atoms with van der Waals surface area (Å²) in [7, 11) is 1.26. The third-order valence-electron chi connectivity index (χ3n) is 3.23. The van der Waals surface area contributed by atoms with Crippen LogP contribution in [0, 0.1) is 0 Å². The predicted molar refractivity (Wildman–Crippen MR) is 79.1 cm³/mol. The Bertz CT molecular complexity index is 877. The van der Waals surface area contributed by atoms with Crippen molar-refractivity contribution in [3.8, 4) is 0 Å². The first-order valence-corrected chi connectivity index (χ1v) is 6.36. The zero-order chi connectivity index (χ0) is 14.8. The Labute approximate surface area is 120 Å². The second-order valence-corrected chi connectivity index (χ2v) is 4.47. The van der Waals surface area contributed by atoms with Gasteiger partial charge in [-0.2, -0.15) is 0 Å². The number of carbonyl (C=O) groups is 2. The van der Waals surface area contributed by atoms with Gasteiger partial charge in [-0.3, -0.25) is 9.78 Å². The number of carbonyl (C=O) groups excluding carboxylic acids is 2. The molecular weight excluding hydrogens is 268 g/mol. The first-order valence-electron chi connectivity index (χ1n) is 6.36. The Kier molecular flexibility index (Phi) is 3.23. The molecule has 3 aromatic rings. The fourth-order valence-corrected chi connectivity index (χ4v) is 2.25. The average molecular weight is 280 g/mol. The van der Waals surface area contributed by atoms with Crippen molar-refractivity contribution in [2.45, 2.75) is 0 Å². The molecule has 0 aliphatic carbocycles. The smallest absolute Gasteiger partial charge is 0.330 e. The molecule has 104 valence electrons. The number of nitrogens with zero attached hydrogens (tertiary/aromatic N) is 1. The van der Waals surface area contributed by atoms with Gasteiger partial charge in [-0.15, -0.1) is 0 Å². The minimum absolute atomic E-state index is 0.281. The summed E-state index contributed by atoms with van der Waals surface area (Å²) in [6.07, 6.45) is 3.84. The van der Waals surface area contributed by atoms with Gasteiger partial charge in [0.2, 0.25) is 5.78 Å². The molecule has 0 unspecified atom stereocenters. The first kappa shape index (κ1) is 13.1. The van der Waals surface area contributed by atoms with Crippen molar-refractivity contribution in [2.24, 2.45) is 0 Å². The molecular formula is C16H12N2O3. The van der Waals surface area contributed by atoms with Crippen molar-refractivity contribution < 1.29 is 14.3 Å². The molecule has 2 heterocycles. The highest BCUT2D eigenvalue weighted by Gasteiger charge is 2.13. The molecule has 0 fully saturated rings. The maximum atomic E-state index is 12.2. The van der Waals surface area contributed by atoms with E-state index >= 15 is 0 Å². The number of hydrogen-bond acceptors (Lipinski definition) is 4. The Morgan fingerprint density at radius 2 is 1.95 bits per heavy atom. The summed E-state index contributed by atoms with van der Waals surface area (Å²) in [5.74, 6) is -0.926. The second kappa shape index (κ2) is 5.20. The number of rotatable bonds is 3. The maximum Gasteiger partial charge on any atom is 0.330 e. The van der Waals surface area contributed by atoms with E-state index in [1.807, 2.05) is 30.3 Å². The van der Waals surface area contributed by atoms with Crippen LogP contribution in [-0.4, -0.2) is 28.8 Å². The predicted octanol–water partition coefficient (Wildman–Crippen LogP) is 2.63. The molecule has 5 heteroatoms. The van der Waals surface area contributed by atoms with Gasteiger partial charge in [0.05, 0.1) is 12.6 Å². The first-order chi connectivity index (χ1) is 10.2. The molecule has 2 aromatic heterocycles. The van der Waals surface area contributed by atoms with E-state index in [9.17, 15) is 9.59 Å². The largest absolute Gasteiger partial charge is 0.466 e. The average Bonchev–Trinajstić information content (AvgIpc) is 2.90. The van der Waals surface area contributed by atoms with Crippen LogP contribution in [-0.2, 0) is 9.53 Å². The van der Waals surface area contributed by atoms with E-state index in [4.69, 9.17) is 0 Å². The summed E-state index contributed by atoms with van der Waals surface area (Å²) < 4.78 is 4.47. The number of ketones is 1. The SMILES string of the molecule is COC(=O)C=CC(=O)c1nccc2c1[nH]c1ccccc12. The van der Waals surface area contributed by atoms with E-state index in [0.717, 1.165) is 22.4 Å². The fourth-order valence-electron chi connectivity index (χ4n) is 2.25. The number of nitrogens with one attached hydrogen (secondary N) is 1. The molecule has 0 saturated carbocycles. The number of esters is 1. The highest BCUT2D eigenvalue weighted by atomic mass is 16.5. The molecule has 0 aliphatic rings. The third kappa shape index (κ3) is 2.29. The Morgan fingerprint density at radius 3 is 2.76 bits per heavy atom. The topological polar surface area (TPSA) is 72.1 Å².